The summed E-state index contributed by atoms with van der Waals surface area (Å²) >= 11 is 6.22. The molecule has 0 spiro atoms. The van der Waals surface area contributed by atoms with Crippen molar-refractivity contribution in [2.24, 2.45) is 0 Å². The van der Waals surface area contributed by atoms with E-state index in [0.717, 1.165) is 21.9 Å². The molecule has 0 aliphatic carbocycles. The molecule has 5 heteroatoms. The van der Waals surface area contributed by atoms with E-state index in [1.807, 2.05) is 61.5 Å². The minimum Gasteiger partial charge on any atom is -0.375 e. The molecule has 4 nitrogen and oxygen atoms in total. The summed E-state index contributed by atoms with van der Waals surface area (Å²) in [5.41, 5.74) is 1.42. The smallest absolute Gasteiger partial charge is 0.264 e. The van der Waals surface area contributed by atoms with Gasteiger partial charge in [-0.1, -0.05) is 72.3 Å². The van der Waals surface area contributed by atoms with Crippen molar-refractivity contribution < 1.29 is 14.7 Å². The predicted octanol–water partition coefficient (Wildman–Crippen LogP) is 5.81. The van der Waals surface area contributed by atoms with Crippen molar-refractivity contribution in [1.82, 2.24) is 0 Å². The van der Waals surface area contributed by atoms with Crippen molar-refractivity contribution in [2.45, 2.75) is 25.5 Å². The van der Waals surface area contributed by atoms with Crippen molar-refractivity contribution in [3.8, 4) is 0 Å². The summed E-state index contributed by atoms with van der Waals surface area (Å²) in [6.45, 7) is 2.28. The summed E-state index contributed by atoms with van der Waals surface area (Å²) in [5.74, 6) is -0.822. The lowest BCUT2D eigenvalue weighted by Crippen LogP contribution is -2.41. The molecule has 1 aliphatic rings. The highest BCUT2D eigenvalue weighted by molar-refractivity contribution is 6.31. The number of hydrogen-bond donors (Lipinski definition) is 1. The van der Waals surface area contributed by atoms with E-state index in [9.17, 15) is 14.7 Å². The maximum Gasteiger partial charge on any atom is 0.264 e. The van der Waals surface area contributed by atoms with E-state index < -0.39 is 11.5 Å². The molecular formula is C28H22ClNO3. The molecule has 164 valence electrons. The Labute approximate surface area is 197 Å². The molecule has 1 heterocycles. The molecule has 1 atom stereocenters. The van der Waals surface area contributed by atoms with Crippen LogP contribution in [0, 0.1) is 6.92 Å². The minimum atomic E-state index is -1.98. The third kappa shape index (κ3) is 3.71. The number of nitrogens with zero attached hydrogens (tertiary/aromatic N) is 1. The number of carbonyl (C=O) groups excluding carboxylic acids is 2. The first-order valence-electron chi connectivity index (χ1n) is 10.8. The van der Waals surface area contributed by atoms with Gasteiger partial charge in [0.05, 0.1) is 18.7 Å². The second kappa shape index (κ2) is 8.14. The Balaban J connectivity index is 1.52. The number of Topliss-reactive ketones (excluding diaryl/α,β-unsaturated/α-hetero) is 1. The molecule has 33 heavy (non-hydrogen) atoms. The number of aryl methyl sites for hydroxylation is 1. The van der Waals surface area contributed by atoms with Crippen LogP contribution in [-0.2, 0) is 16.9 Å². The van der Waals surface area contributed by atoms with E-state index in [0.29, 0.717) is 28.4 Å². The van der Waals surface area contributed by atoms with Gasteiger partial charge in [-0.05, 0) is 53.1 Å². The van der Waals surface area contributed by atoms with Gasteiger partial charge in [-0.15, -0.1) is 0 Å². The Morgan fingerprint density at radius 3 is 2.45 bits per heavy atom. The van der Waals surface area contributed by atoms with Crippen molar-refractivity contribution in [2.75, 3.05) is 4.90 Å². The molecule has 1 N–H and O–H groups in total. The standard InChI is InChI=1S/C28H22ClNO3/c1-18-6-2-3-9-22(18)17-30-25-13-12-23(29)15-24(25)28(33,27(30)32)16-26(31)21-11-10-19-7-4-5-8-20(19)14-21/h2-15,33H,16-17H2,1H3/t28-/m1/s1. The van der Waals surface area contributed by atoms with Crippen molar-refractivity contribution in [3.05, 3.63) is 112 Å². The zero-order chi connectivity index (χ0) is 23.2. The molecule has 1 aliphatic heterocycles. The maximum atomic E-state index is 13.6. The maximum absolute atomic E-state index is 13.6. The van der Waals surface area contributed by atoms with E-state index in [2.05, 4.69) is 0 Å². The number of benzene rings is 4. The lowest BCUT2D eigenvalue weighted by atomic mass is 9.87. The zero-order valence-electron chi connectivity index (χ0n) is 18.1. The Morgan fingerprint density at radius 2 is 1.67 bits per heavy atom. The number of halogens is 1. The third-order valence-corrected chi connectivity index (χ3v) is 6.61. The molecule has 0 saturated carbocycles. The van der Waals surface area contributed by atoms with Gasteiger partial charge in [0.25, 0.3) is 5.91 Å². The number of ketones is 1. The molecule has 0 aromatic heterocycles. The van der Waals surface area contributed by atoms with Crippen LogP contribution in [-0.4, -0.2) is 16.8 Å². The first kappa shape index (κ1) is 21.4. The van der Waals surface area contributed by atoms with Crippen molar-refractivity contribution >= 4 is 39.8 Å². The summed E-state index contributed by atoms with van der Waals surface area (Å²) < 4.78 is 0. The Morgan fingerprint density at radius 1 is 0.939 bits per heavy atom. The number of fused-ring (bicyclic) bond motifs is 2. The highest BCUT2D eigenvalue weighted by Crippen LogP contribution is 2.45. The fourth-order valence-corrected chi connectivity index (χ4v) is 4.68. The number of hydrogen-bond acceptors (Lipinski definition) is 3. The van der Waals surface area contributed by atoms with Crippen molar-refractivity contribution in [1.29, 1.82) is 0 Å². The summed E-state index contributed by atoms with van der Waals surface area (Å²) in [5, 5.41) is 14.0. The molecule has 0 fully saturated rings. The molecule has 0 saturated heterocycles. The van der Waals surface area contributed by atoms with Crippen LogP contribution < -0.4 is 4.90 Å². The summed E-state index contributed by atoms with van der Waals surface area (Å²) in [7, 11) is 0. The van der Waals surface area contributed by atoms with Crippen molar-refractivity contribution in [3.63, 3.8) is 0 Å². The number of amides is 1. The van der Waals surface area contributed by atoms with Gasteiger partial charge in [0.15, 0.2) is 11.4 Å². The number of rotatable bonds is 5. The zero-order valence-corrected chi connectivity index (χ0v) is 18.8. The van der Waals surface area contributed by atoms with E-state index in [4.69, 9.17) is 11.6 Å². The highest BCUT2D eigenvalue weighted by Gasteiger charge is 2.51. The second-order valence-corrected chi connectivity index (χ2v) is 8.94. The molecule has 1 amide bonds. The Bertz CT molecular complexity index is 1410. The lowest BCUT2D eigenvalue weighted by Gasteiger charge is -2.23. The SMILES string of the molecule is Cc1ccccc1CN1C(=O)[C@@](O)(CC(=O)c2ccc3ccccc3c2)c2cc(Cl)ccc21. The monoisotopic (exact) mass is 455 g/mol. The fraction of sp³-hybridized carbons (Fsp3) is 0.143. The number of carbonyl (C=O) groups is 2. The van der Waals surface area contributed by atoms with Crippen LogP contribution in [0.25, 0.3) is 10.8 Å². The highest BCUT2D eigenvalue weighted by atomic mass is 35.5. The summed E-state index contributed by atoms with van der Waals surface area (Å²) in [4.78, 5) is 28.4. The Hall–Kier alpha value is -3.47. The van der Waals surface area contributed by atoms with E-state index in [1.165, 1.54) is 0 Å². The van der Waals surface area contributed by atoms with Crippen LogP contribution in [0.1, 0.15) is 33.5 Å². The van der Waals surface area contributed by atoms with Crippen LogP contribution in [0.3, 0.4) is 0 Å². The molecule has 4 aromatic rings. The van der Waals surface area contributed by atoms with Gasteiger partial charge in [-0.3, -0.25) is 9.59 Å². The van der Waals surface area contributed by atoms with Gasteiger partial charge in [0.2, 0.25) is 0 Å². The first-order valence-corrected chi connectivity index (χ1v) is 11.2. The van der Waals surface area contributed by atoms with Crippen LogP contribution in [0.4, 0.5) is 5.69 Å². The molecule has 0 radical (unpaired) electrons. The normalized spacial score (nSPS) is 17.4. The largest absolute Gasteiger partial charge is 0.375 e. The van der Waals surface area contributed by atoms with Crippen LogP contribution in [0.15, 0.2) is 84.9 Å². The Kier molecular flexibility index (Phi) is 5.28. The van der Waals surface area contributed by atoms with Gasteiger partial charge in [0, 0.05) is 16.1 Å². The first-order chi connectivity index (χ1) is 15.9. The molecule has 5 rings (SSSR count). The molecule has 4 aromatic carbocycles. The number of aliphatic hydroxyl groups is 1. The molecule has 0 bridgehead atoms. The van der Waals surface area contributed by atoms with E-state index in [1.54, 1.807) is 35.2 Å². The summed E-state index contributed by atoms with van der Waals surface area (Å²) in [6, 6.07) is 25.9. The van der Waals surface area contributed by atoms with Crippen LogP contribution in [0.2, 0.25) is 5.02 Å². The van der Waals surface area contributed by atoms with Crippen LogP contribution >= 0.6 is 11.6 Å². The average Bonchev–Trinajstić information content (AvgIpc) is 3.01. The third-order valence-electron chi connectivity index (χ3n) is 6.37. The summed E-state index contributed by atoms with van der Waals surface area (Å²) in [6.07, 6.45) is -0.359. The number of anilines is 1. The van der Waals surface area contributed by atoms with E-state index >= 15 is 0 Å². The lowest BCUT2D eigenvalue weighted by molar-refractivity contribution is -0.136. The average molecular weight is 456 g/mol. The van der Waals surface area contributed by atoms with Gasteiger partial charge in [-0.25, -0.2) is 0 Å². The molecular weight excluding hydrogens is 434 g/mol. The van der Waals surface area contributed by atoms with E-state index in [-0.39, 0.29) is 12.2 Å². The van der Waals surface area contributed by atoms with Gasteiger partial charge in [-0.2, -0.15) is 0 Å². The second-order valence-electron chi connectivity index (χ2n) is 8.50. The fourth-order valence-electron chi connectivity index (χ4n) is 4.51. The minimum absolute atomic E-state index is 0.298. The molecule has 0 unspecified atom stereocenters. The van der Waals surface area contributed by atoms with Crippen LogP contribution in [0.5, 0.6) is 0 Å². The van der Waals surface area contributed by atoms with Gasteiger partial charge < -0.3 is 10.0 Å². The quantitative estimate of drug-likeness (QED) is 0.386. The predicted molar refractivity (Wildman–Crippen MR) is 131 cm³/mol. The topological polar surface area (TPSA) is 57.6 Å². The van der Waals surface area contributed by atoms with Gasteiger partial charge >= 0.3 is 0 Å². The van der Waals surface area contributed by atoms with Gasteiger partial charge in [0.1, 0.15) is 0 Å².